The molecule has 0 unspecified atom stereocenters. The summed E-state index contributed by atoms with van der Waals surface area (Å²) in [5.41, 5.74) is 1.26. The molecule has 0 spiro atoms. The highest BCUT2D eigenvalue weighted by molar-refractivity contribution is 8.03. The number of β-lactam (4-membered cyclic amide) rings is 1. The SMILES string of the molecule is C[C@@H](O[Si](C)(C)C(C)(C)C)[C@H]1C(=O)N2C(C(=O)OCc3ccccc3)=CS[C@H]12. The maximum Gasteiger partial charge on any atom is 0.355 e. The molecular formula is C21H29NO4SSi. The number of thioether (sulfide) groups is 1. The number of benzene rings is 1. The first kappa shape index (κ1) is 21.1. The number of fused-ring (bicyclic) bond motifs is 1. The van der Waals surface area contributed by atoms with E-state index in [0.717, 1.165) is 5.56 Å². The fourth-order valence-electron chi connectivity index (χ4n) is 3.17. The topological polar surface area (TPSA) is 55.8 Å². The summed E-state index contributed by atoms with van der Waals surface area (Å²) in [5, 5.41) is 1.75. The molecule has 28 heavy (non-hydrogen) atoms. The lowest BCUT2D eigenvalue weighted by atomic mass is 9.92. The maximum atomic E-state index is 12.8. The first-order valence-electron chi connectivity index (χ1n) is 9.60. The van der Waals surface area contributed by atoms with E-state index in [2.05, 4.69) is 33.9 Å². The van der Waals surface area contributed by atoms with Crippen LogP contribution in [0.15, 0.2) is 41.4 Å². The molecule has 0 bridgehead atoms. The van der Waals surface area contributed by atoms with Crippen LogP contribution in [0.5, 0.6) is 0 Å². The monoisotopic (exact) mass is 419 g/mol. The third kappa shape index (κ3) is 3.93. The highest BCUT2D eigenvalue weighted by atomic mass is 32.2. The van der Waals surface area contributed by atoms with Gasteiger partial charge in [-0.05, 0) is 30.6 Å². The summed E-state index contributed by atoms with van der Waals surface area (Å²) in [6.45, 7) is 13.1. The van der Waals surface area contributed by atoms with Gasteiger partial charge in [0.2, 0.25) is 5.91 Å². The number of amides is 1. The lowest BCUT2D eigenvalue weighted by Crippen LogP contribution is -2.62. The highest BCUT2D eigenvalue weighted by Crippen LogP contribution is 2.48. The number of hydrogen-bond acceptors (Lipinski definition) is 5. The van der Waals surface area contributed by atoms with Crippen LogP contribution >= 0.6 is 11.8 Å². The number of ether oxygens (including phenoxy) is 1. The quantitative estimate of drug-likeness (QED) is 0.386. The average Bonchev–Trinajstić information content (AvgIpc) is 2.98. The van der Waals surface area contributed by atoms with Gasteiger partial charge in [0, 0.05) is 5.41 Å². The average molecular weight is 420 g/mol. The van der Waals surface area contributed by atoms with Crippen molar-refractivity contribution in [2.24, 2.45) is 5.92 Å². The fourth-order valence-corrected chi connectivity index (χ4v) is 5.92. The van der Waals surface area contributed by atoms with E-state index in [1.807, 2.05) is 37.3 Å². The molecule has 2 heterocycles. The summed E-state index contributed by atoms with van der Waals surface area (Å²) in [6.07, 6.45) is -0.171. The van der Waals surface area contributed by atoms with Gasteiger partial charge in [-0.25, -0.2) is 4.79 Å². The summed E-state index contributed by atoms with van der Waals surface area (Å²) in [6, 6.07) is 9.52. The van der Waals surface area contributed by atoms with Crippen molar-refractivity contribution in [3.63, 3.8) is 0 Å². The summed E-state index contributed by atoms with van der Waals surface area (Å²) in [7, 11) is -1.96. The molecule has 0 N–H and O–H groups in total. The van der Waals surface area contributed by atoms with Crippen LogP contribution in [0.4, 0.5) is 0 Å². The molecule has 1 fully saturated rings. The molecule has 1 aromatic carbocycles. The van der Waals surface area contributed by atoms with Crippen molar-refractivity contribution in [3.05, 3.63) is 47.0 Å². The molecule has 1 amide bonds. The highest BCUT2D eigenvalue weighted by Gasteiger charge is 2.57. The Hall–Kier alpha value is -1.57. The van der Waals surface area contributed by atoms with Crippen molar-refractivity contribution in [3.8, 4) is 0 Å². The van der Waals surface area contributed by atoms with Crippen LogP contribution < -0.4 is 0 Å². The second-order valence-corrected chi connectivity index (χ2v) is 14.7. The van der Waals surface area contributed by atoms with E-state index in [9.17, 15) is 9.59 Å². The normalized spacial score (nSPS) is 23.0. The Morgan fingerprint density at radius 2 is 1.89 bits per heavy atom. The molecular weight excluding hydrogens is 390 g/mol. The Kier molecular flexibility index (Phi) is 5.80. The molecule has 152 valence electrons. The number of rotatable bonds is 6. The molecule has 1 aromatic rings. The van der Waals surface area contributed by atoms with E-state index >= 15 is 0 Å². The van der Waals surface area contributed by atoms with Crippen molar-refractivity contribution >= 4 is 32.0 Å². The van der Waals surface area contributed by atoms with Gasteiger partial charge in [0.1, 0.15) is 17.7 Å². The lowest BCUT2D eigenvalue weighted by molar-refractivity contribution is -0.158. The maximum absolute atomic E-state index is 12.8. The molecule has 0 aromatic heterocycles. The van der Waals surface area contributed by atoms with Crippen LogP contribution in [0.1, 0.15) is 33.3 Å². The Morgan fingerprint density at radius 1 is 1.25 bits per heavy atom. The molecule has 0 aliphatic carbocycles. The van der Waals surface area contributed by atoms with Crippen molar-refractivity contribution < 1.29 is 18.8 Å². The predicted molar refractivity (Wildman–Crippen MR) is 114 cm³/mol. The molecule has 2 aliphatic heterocycles. The third-order valence-corrected chi connectivity index (χ3v) is 11.6. The Labute approximate surface area is 172 Å². The van der Waals surface area contributed by atoms with Gasteiger partial charge < -0.3 is 9.16 Å². The van der Waals surface area contributed by atoms with Gasteiger partial charge in [-0.3, -0.25) is 9.69 Å². The Morgan fingerprint density at radius 3 is 2.50 bits per heavy atom. The van der Waals surface area contributed by atoms with Gasteiger partial charge in [0.15, 0.2) is 8.32 Å². The zero-order valence-corrected chi connectivity index (χ0v) is 19.2. The fraction of sp³-hybridized carbons (Fsp3) is 0.524. The van der Waals surface area contributed by atoms with Crippen LogP contribution in [0.2, 0.25) is 18.1 Å². The van der Waals surface area contributed by atoms with Crippen molar-refractivity contribution in [2.75, 3.05) is 0 Å². The smallest absolute Gasteiger partial charge is 0.355 e. The predicted octanol–water partition coefficient (Wildman–Crippen LogP) is 4.51. The first-order valence-corrected chi connectivity index (χ1v) is 13.5. The summed E-state index contributed by atoms with van der Waals surface area (Å²) in [4.78, 5) is 26.8. The van der Waals surface area contributed by atoms with Gasteiger partial charge in [0.25, 0.3) is 0 Å². The van der Waals surface area contributed by atoms with E-state index in [1.54, 1.807) is 10.3 Å². The van der Waals surface area contributed by atoms with Crippen molar-refractivity contribution in [1.29, 1.82) is 0 Å². The minimum atomic E-state index is -1.96. The number of carbonyl (C=O) groups excluding carboxylic acids is 2. The van der Waals surface area contributed by atoms with Gasteiger partial charge in [0.05, 0.1) is 12.0 Å². The van der Waals surface area contributed by atoms with Gasteiger partial charge in [-0.15, -0.1) is 11.8 Å². The molecule has 1 saturated heterocycles. The zero-order chi connectivity index (χ0) is 20.7. The summed E-state index contributed by atoms with van der Waals surface area (Å²) in [5.74, 6) is -0.734. The second kappa shape index (κ2) is 7.69. The van der Waals surface area contributed by atoms with Crippen molar-refractivity contribution in [2.45, 2.75) is 63.9 Å². The zero-order valence-electron chi connectivity index (χ0n) is 17.4. The molecule has 0 radical (unpaired) electrons. The third-order valence-electron chi connectivity index (χ3n) is 5.88. The minimum Gasteiger partial charge on any atom is -0.456 e. The number of esters is 1. The van der Waals surface area contributed by atoms with Gasteiger partial charge in [-0.2, -0.15) is 0 Å². The van der Waals surface area contributed by atoms with Gasteiger partial charge in [-0.1, -0.05) is 51.1 Å². The Bertz CT molecular complexity index is 787. The number of carbonyl (C=O) groups is 2. The molecule has 0 saturated carbocycles. The Balaban J connectivity index is 1.59. The van der Waals surface area contributed by atoms with E-state index < -0.39 is 14.3 Å². The first-order chi connectivity index (χ1) is 13.0. The lowest BCUT2D eigenvalue weighted by Gasteiger charge is -2.48. The van der Waals surface area contributed by atoms with E-state index in [-0.39, 0.29) is 34.9 Å². The van der Waals surface area contributed by atoms with E-state index in [4.69, 9.17) is 9.16 Å². The van der Waals surface area contributed by atoms with E-state index in [0.29, 0.717) is 5.70 Å². The van der Waals surface area contributed by atoms with Crippen LogP contribution in [0.25, 0.3) is 0 Å². The molecule has 7 heteroatoms. The molecule has 2 aliphatic rings. The largest absolute Gasteiger partial charge is 0.456 e. The molecule has 3 rings (SSSR count). The van der Waals surface area contributed by atoms with Crippen molar-refractivity contribution in [1.82, 2.24) is 4.90 Å². The van der Waals surface area contributed by atoms with Crippen LogP contribution in [0, 0.1) is 5.92 Å². The number of nitrogens with zero attached hydrogens (tertiary/aromatic N) is 1. The van der Waals surface area contributed by atoms with Crippen LogP contribution in [-0.2, 0) is 25.4 Å². The molecule has 3 atom stereocenters. The van der Waals surface area contributed by atoms with E-state index in [1.165, 1.54) is 11.8 Å². The molecule has 5 nitrogen and oxygen atoms in total. The van der Waals surface area contributed by atoms with Gasteiger partial charge >= 0.3 is 5.97 Å². The number of hydrogen-bond donors (Lipinski definition) is 0. The summed E-state index contributed by atoms with van der Waals surface area (Å²) < 4.78 is 11.8. The summed E-state index contributed by atoms with van der Waals surface area (Å²) >= 11 is 1.50. The minimum absolute atomic E-state index is 0.0517. The van der Waals surface area contributed by atoms with Crippen LogP contribution in [-0.4, -0.2) is 36.6 Å². The standard InChI is InChI=1S/C21H29NO4SSi/c1-14(26-28(5,6)21(2,3)4)17-18(23)22-16(13-27-19(17)22)20(24)25-12-15-10-8-7-9-11-15/h7-11,13-14,17,19H,12H2,1-6H3/t14-,17+,19-/m1/s1. The van der Waals surface area contributed by atoms with Crippen LogP contribution in [0.3, 0.4) is 0 Å². The second-order valence-electron chi connectivity index (χ2n) is 8.91.